The highest BCUT2D eigenvalue weighted by Gasteiger charge is 2.24. The van der Waals surface area contributed by atoms with Crippen LogP contribution in [0.15, 0.2) is 333 Å². The van der Waals surface area contributed by atoms with Gasteiger partial charge in [0.25, 0.3) is 0 Å². The van der Waals surface area contributed by atoms with E-state index in [1.807, 2.05) is 36.4 Å². The highest BCUT2D eigenvalue weighted by atomic mass is 16.3. The number of benzene rings is 15. The van der Waals surface area contributed by atoms with Crippen LogP contribution in [0.25, 0.3) is 154 Å². The minimum Gasteiger partial charge on any atom is -0.456 e. The third-order valence-corrected chi connectivity index (χ3v) is 18.6. The first-order valence-corrected chi connectivity index (χ1v) is 31.2. The molecule has 0 saturated heterocycles. The highest BCUT2D eigenvalue weighted by Crippen LogP contribution is 2.48. The highest BCUT2D eigenvalue weighted by molar-refractivity contribution is 6.18. The van der Waals surface area contributed by atoms with Gasteiger partial charge in [-0.15, -0.1) is 0 Å². The Hall–Kier alpha value is -12.4. The molecule has 430 valence electrons. The monoisotopic (exact) mass is 1180 g/mol. The molecule has 19 rings (SSSR count). The van der Waals surface area contributed by atoms with Crippen molar-refractivity contribution >= 4 is 143 Å². The van der Waals surface area contributed by atoms with Gasteiger partial charge in [0.05, 0.1) is 22.1 Å². The Bertz CT molecular complexity index is 6150. The topological polar surface area (TPSA) is 59.0 Å². The number of anilines is 6. The maximum absolute atomic E-state index is 6.84. The van der Waals surface area contributed by atoms with Crippen molar-refractivity contribution in [2.45, 2.75) is 0 Å². The second-order valence-electron chi connectivity index (χ2n) is 23.8. The normalized spacial score (nSPS) is 11.9. The third-order valence-electron chi connectivity index (χ3n) is 18.6. The molecule has 0 atom stereocenters. The maximum Gasteiger partial charge on any atom is 0.143 e. The summed E-state index contributed by atoms with van der Waals surface area (Å²) in [5.74, 6) is 0. The van der Waals surface area contributed by atoms with Gasteiger partial charge in [0.2, 0.25) is 0 Å². The van der Waals surface area contributed by atoms with Crippen molar-refractivity contribution in [3.05, 3.63) is 315 Å². The number of rotatable bonds is 10. The summed E-state index contributed by atoms with van der Waals surface area (Å²) in [7, 11) is 0. The van der Waals surface area contributed by atoms with Crippen LogP contribution in [-0.2, 0) is 0 Å². The van der Waals surface area contributed by atoms with Crippen molar-refractivity contribution in [1.29, 1.82) is 0 Å². The molecule has 0 unspecified atom stereocenters. The van der Waals surface area contributed by atoms with E-state index in [1.165, 1.54) is 27.1 Å². The van der Waals surface area contributed by atoms with Crippen LogP contribution in [0.4, 0.5) is 34.1 Å². The summed E-state index contributed by atoms with van der Waals surface area (Å²) < 4.78 is 26.3. The number of hydrogen-bond acceptors (Lipinski definition) is 6. The lowest BCUT2D eigenvalue weighted by molar-refractivity contribution is 0.668. The molecule has 0 aliphatic rings. The zero-order valence-electron chi connectivity index (χ0n) is 49.5. The smallest absolute Gasteiger partial charge is 0.143 e. The summed E-state index contributed by atoms with van der Waals surface area (Å²) in [6.45, 7) is 0. The Kier molecular flexibility index (Phi) is 11.6. The van der Waals surface area contributed by atoms with Crippen molar-refractivity contribution in [2.75, 3.05) is 9.80 Å². The fourth-order valence-corrected chi connectivity index (χ4v) is 14.4. The molecule has 0 fully saturated rings. The van der Waals surface area contributed by atoms with Crippen LogP contribution in [0, 0.1) is 0 Å². The van der Waals surface area contributed by atoms with Gasteiger partial charge < -0.3 is 27.5 Å². The first-order chi connectivity index (χ1) is 45.6. The minimum atomic E-state index is 0.836. The number of fused-ring (bicyclic) bond motifs is 15. The van der Waals surface area contributed by atoms with Gasteiger partial charge in [-0.3, -0.25) is 0 Å². The van der Waals surface area contributed by atoms with E-state index in [4.69, 9.17) is 17.7 Å². The summed E-state index contributed by atoms with van der Waals surface area (Å²) in [5.41, 5.74) is 21.9. The molecule has 4 heterocycles. The lowest BCUT2D eigenvalue weighted by Crippen LogP contribution is -2.10. The molecule has 4 aromatic heterocycles. The quantitative estimate of drug-likeness (QED) is 0.127. The first-order valence-electron chi connectivity index (χ1n) is 31.2. The summed E-state index contributed by atoms with van der Waals surface area (Å²) >= 11 is 0. The van der Waals surface area contributed by atoms with Crippen LogP contribution in [-0.4, -0.2) is 0 Å². The van der Waals surface area contributed by atoms with Gasteiger partial charge in [-0.2, -0.15) is 0 Å². The molecule has 0 radical (unpaired) electrons. The van der Waals surface area contributed by atoms with Crippen LogP contribution < -0.4 is 9.80 Å². The van der Waals surface area contributed by atoms with E-state index in [0.29, 0.717) is 0 Å². The molecule has 0 amide bonds. The summed E-state index contributed by atoms with van der Waals surface area (Å²) in [6, 6.07) is 112. The van der Waals surface area contributed by atoms with Crippen molar-refractivity contribution in [2.24, 2.45) is 0 Å². The first kappa shape index (κ1) is 51.6. The summed E-state index contributed by atoms with van der Waals surface area (Å²) in [5, 5.41) is 13.4. The SMILES string of the molecule is c1ccc(N(c2ccc(-c3cccc4c3oc3ccc(-c5ccc6c(-c7ccc(N(c8cccc(-c9cccc%10c9oc9ccccc9%10)c8)c8cccc9oc%10ccccc%10c89)cc7)cc7ccccc7c6c5)cc34)cc2)c2cccc3oc4ccccc4c23)cc1. The van der Waals surface area contributed by atoms with Crippen LogP contribution >= 0.6 is 0 Å². The van der Waals surface area contributed by atoms with Crippen molar-refractivity contribution in [3.63, 3.8) is 0 Å². The van der Waals surface area contributed by atoms with Gasteiger partial charge in [-0.05, 0) is 170 Å². The van der Waals surface area contributed by atoms with Crippen LogP contribution in [0.3, 0.4) is 0 Å². The molecule has 0 spiro atoms. The van der Waals surface area contributed by atoms with Crippen LogP contribution in [0.5, 0.6) is 0 Å². The average molecular weight is 1180 g/mol. The van der Waals surface area contributed by atoms with E-state index in [-0.39, 0.29) is 0 Å². The Balaban J connectivity index is 0.683. The summed E-state index contributed by atoms with van der Waals surface area (Å²) in [4.78, 5) is 4.68. The Morgan fingerprint density at radius 1 is 0.196 bits per heavy atom. The largest absolute Gasteiger partial charge is 0.456 e. The molecule has 15 aromatic carbocycles. The standard InChI is InChI=1S/C86H52N2O4/c1-2-19-59(20-3-1)87(75-30-15-35-81-83(75)70-24-7-10-33-78(70)89-81)60-43-37-53(38-44-60)64-26-13-29-69-74-51-56(42-48-80(74)92-85(64)69)55-41-47-66-72(52-58-17-4-5-22-63(58)73(66)50-55)54-39-45-61(46-40-54)88(76-31-16-36-82-84(76)71-25-8-11-34-79(71)90-82)62-21-12-18-57(49-62)65-27-14-28-68-67-23-6-9-32-77(67)91-86(65)68/h1-52H. The number of para-hydroxylation sites is 6. The second kappa shape index (κ2) is 20.6. The lowest BCUT2D eigenvalue weighted by atomic mass is 9.91. The van der Waals surface area contributed by atoms with Gasteiger partial charge in [-0.25, -0.2) is 0 Å². The number of nitrogens with zero attached hydrogens (tertiary/aromatic N) is 2. The Morgan fingerprint density at radius 2 is 0.630 bits per heavy atom. The zero-order valence-corrected chi connectivity index (χ0v) is 49.5. The average Bonchev–Trinajstić information content (AvgIpc) is 1.31. The fraction of sp³-hybridized carbons (Fsp3) is 0. The van der Waals surface area contributed by atoms with E-state index in [0.717, 1.165) is 161 Å². The van der Waals surface area contributed by atoms with Gasteiger partial charge >= 0.3 is 0 Å². The molecular formula is C86H52N2O4. The third kappa shape index (κ3) is 8.21. The molecule has 19 aromatic rings. The van der Waals surface area contributed by atoms with E-state index in [2.05, 4.69) is 289 Å². The second-order valence-corrected chi connectivity index (χ2v) is 23.8. The van der Waals surface area contributed by atoms with Crippen molar-refractivity contribution < 1.29 is 17.7 Å². The number of hydrogen-bond donors (Lipinski definition) is 0. The molecule has 0 saturated carbocycles. The zero-order chi connectivity index (χ0) is 60.4. The van der Waals surface area contributed by atoms with Crippen LogP contribution in [0.2, 0.25) is 0 Å². The predicted octanol–water partition coefficient (Wildman–Crippen LogP) is 25.2. The molecule has 92 heavy (non-hydrogen) atoms. The fourth-order valence-electron chi connectivity index (χ4n) is 14.4. The molecular weight excluding hydrogens is 1120 g/mol. The molecule has 0 N–H and O–H groups in total. The van der Waals surface area contributed by atoms with Gasteiger partial charge in [-0.1, -0.05) is 200 Å². The summed E-state index contributed by atoms with van der Waals surface area (Å²) in [6.07, 6.45) is 0. The van der Waals surface area contributed by atoms with E-state index in [1.54, 1.807) is 0 Å². The van der Waals surface area contributed by atoms with Gasteiger partial charge in [0.15, 0.2) is 0 Å². The van der Waals surface area contributed by atoms with Crippen molar-refractivity contribution in [3.8, 4) is 44.5 Å². The maximum atomic E-state index is 6.84. The van der Waals surface area contributed by atoms with Gasteiger partial charge in [0, 0.05) is 66.2 Å². The molecule has 6 heteroatoms. The minimum absolute atomic E-state index is 0.836. The van der Waals surface area contributed by atoms with E-state index in [9.17, 15) is 0 Å². The lowest BCUT2D eigenvalue weighted by Gasteiger charge is -2.27. The van der Waals surface area contributed by atoms with Crippen molar-refractivity contribution in [1.82, 2.24) is 0 Å². The molecule has 0 bridgehead atoms. The van der Waals surface area contributed by atoms with E-state index < -0.39 is 0 Å². The van der Waals surface area contributed by atoms with Gasteiger partial charge in [0.1, 0.15) is 44.7 Å². The Morgan fingerprint density at radius 3 is 1.28 bits per heavy atom. The predicted molar refractivity (Wildman–Crippen MR) is 382 cm³/mol. The van der Waals surface area contributed by atoms with Crippen LogP contribution in [0.1, 0.15) is 0 Å². The van der Waals surface area contributed by atoms with E-state index >= 15 is 0 Å². The molecule has 6 nitrogen and oxygen atoms in total. The number of furan rings is 4. The molecule has 0 aliphatic heterocycles. The Labute approximate surface area is 527 Å². The molecule has 0 aliphatic carbocycles.